The Morgan fingerprint density at radius 3 is 2.45 bits per heavy atom. The van der Waals surface area contributed by atoms with E-state index in [1.807, 2.05) is 23.1 Å². The lowest BCUT2D eigenvalue weighted by molar-refractivity contribution is 0.0734. The van der Waals surface area contributed by atoms with E-state index in [-0.39, 0.29) is 5.91 Å². The molecule has 0 aliphatic rings. The summed E-state index contributed by atoms with van der Waals surface area (Å²) in [6, 6.07) is 15.4. The molecule has 0 saturated heterocycles. The number of amides is 1. The van der Waals surface area contributed by atoms with Crippen LogP contribution < -0.4 is 0 Å². The van der Waals surface area contributed by atoms with Gasteiger partial charge in [-0.15, -0.1) is 0 Å². The molecular formula is C24H30ClN3O. The second kappa shape index (κ2) is 10.4. The van der Waals surface area contributed by atoms with E-state index in [1.54, 1.807) is 24.3 Å². The average molecular weight is 412 g/mol. The van der Waals surface area contributed by atoms with E-state index in [0.717, 1.165) is 62.1 Å². The molecule has 3 rings (SSSR count). The summed E-state index contributed by atoms with van der Waals surface area (Å²) in [7, 11) is 0. The second-order valence-corrected chi connectivity index (χ2v) is 7.90. The number of para-hydroxylation sites is 2. The number of carbonyl (C=O) groups is 1. The van der Waals surface area contributed by atoms with E-state index in [1.165, 1.54) is 0 Å². The predicted octanol–water partition coefficient (Wildman–Crippen LogP) is 6.32. The van der Waals surface area contributed by atoms with Crippen LogP contribution in [0.5, 0.6) is 0 Å². The third-order valence-electron chi connectivity index (χ3n) is 5.21. The maximum Gasteiger partial charge on any atom is 0.254 e. The molecule has 4 nitrogen and oxygen atoms in total. The lowest BCUT2D eigenvalue weighted by Gasteiger charge is -2.23. The Bertz CT molecular complexity index is 933. The molecule has 29 heavy (non-hydrogen) atoms. The summed E-state index contributed by atoms with van der Waals surface area (Å²) >= 11 is 6.00. The molecule has 0 atom stereocenters. The quantitative estimate of drug-likeness (QED) is 0.366. The molecule has 0 bridgehead atoms. The van der Waals surface area contributed by atoms with Crippen molar-refractivity contribution in [1.29, 1.82) is 0 Å². The number of nitrogens with zero attached hydrogens (tertiary/aromatic N) is 3. The minimum absolute atomic E-state index is 0.0341. The summed E-state index contributed by atoms with van der Waals surface area (Å²) in [5.74, 6) is 0.991. The van der Waals surface area contributed by atoms with Gasteiger partial charge in [0, 0.05) is 23.7 Å². The molecule has 5 heteroatoms. The van der Waals surface area contributed by atoms with E-state index in [9.17, 15) is 4.79 Å². The SMILES string of the molecule is CCCCCN(Cc1nc2ccccc2n1CCCC)C(=O)c1ccc(Cl)cc1. The van der Waals surface area contributed by atoms with Crippen LogP contribution in [-0.4, -0.2) is 26.9 Å². The second-order valence-electron chi connectivity index (χ2n) is 7.46. The smallest absolute Gasteiger partial charge is 0.254 e. The fourth-order valence-electron chi connectivity index (χ4n) is 3.56. The molecule has 0 spiro atoms. The van der Waals surface area contributed by atoms with E-state index >= 15 is 0 Å². The highest BCUT2D eigenvalue weighted by Gasteiger charge is 2.19. The molecular weight excluding hydrogens is 382 g/mol. The lowest BCUT2D eigenvalue weighted by atomic mass is 10.1. The topological polar surface area (TPSA) is 38.1 Å². The van der Waals surface area contributed by atoms with Crippen LogP contribution in [0.15, 0.2) is 48.5 Å². The first-order valence-electron chi connectivity index (χ1n) is 10.6. The van der Waals surface area contributed by atoms with Crippen LogP contribution in [0.4, 0.5) is 0 Å². The number of imidazole rings is 1. The summed E-state index contributed by atoms with van der Waals surface area (Å²) in [6.45, 7) is 6.54. The van der Waals surface area contributed by atoms with Crippen molar-refractivity contribution in [2.45, 2.75) is 59.0 Å². The van der Waals surface area contributed by atoms with Crippen molar-refractivity contribution >= 4 is 28.5 Å². The van der Waals surface area contributed by atoms with Gasteiger partial charge in [-0.1, -0.05) is 56.8 Å². The number of aromatic nitrogens is 2. The molecule has 0 aliphatic heterocycles. The highest BCUT2D eigenvalue weighted by molar-refractivity contribution is 6.30. The number of hydrogen-bond donors (Lipinski definition) is 0. The Labute approximate surface area is 178 Å². The van der Waals surface area contributed by atoms with Gasteiger partial charge in [0.25, 0.3) is 5.91 Å². The van der Waals surface area contributed by atoms with Gasteiger partial charge in [0.05, 0.1) is 17.6 Å². The third-order valence-corrected chi connectivity index (χ3v) is 5.46. The molecule has 3 aromatic rings. The minimum Gasteiger partial charge on any atom is -0.331 e. The van der Waals surface area contributed by atoms with Crippen LogP contribution in [-0.2, 0) is 13.1 Å². The first-order chi connectivity index (χ1) is 14.1. The van der Waals surface area contributed by atoms with E-state index < -0.39 is 0 Å². The molecule has 0 fully saturated rings. The standard InChI is InChI=1S/C24H30ClN3O/c1-3-5-9-16-27(24(29)19-12-14-20(25)15-13-19)18-23-26-21-10-7-8-11-22(21)28(23)17-6-4-2/h7-8,10-15H,3-6,9,16-18H2,1-2H3. The molecule has 1 aromatic heterocycles. The maximum absolute atomic E-state index is 13.2. The first-order valence-corrected chi connectivity index (χ1v) is 11.0. The fraction of sp³-hybridized carbons (Fsp3) is 0.417. The molecule has 154 valence electrons. The molecule has 0 saturated carbocycles. The fourth-order valence-corrected chi connectivity index (χ4v) is 3.69. The first kappa shape index (κ1) is 21.4. The number of hydrogen-bond acceptors (Lipinski definition) is 2. The van der Waals surface area contributed by atoms with Crippen LogP contribution in [0, 0.1) is 0 Å². The third kappa shape index (κ3) is 5.39. The van der Waals surface area contributed by atoms with Gasteiger partial charge in [-0.25, -0.2) is 4.98 Å². The van der Waals surface area contributed by atoms with Crippen molar-refractivity contribution in [3.63, 3.8) is 0 Å². The van der Waals surface area contributed by atoms with Gasteiger partial charge in [0.2, 0.25) is 0 Å². The largest absolute Gasteiger partial charge is 0.331 e. The van der Waals surface area contributed by atoms with Crippen LogP contribution >= 0.6 is 11.6 Å². The van der Waals surface area contributed by atoms with Crippen molar-refractivity contribution in [3.05, 3.63) is 64.9 Å². The molecule has 1 heterocycles. The summed E-state index contributed by atoms with van der Waals surface area (Å²) in [6.07, 6.45) is 5.43. The Hall–Kier alpha value is -2.33. The maximum atomic E-state index is 13.2. The van der Waals surface area contributed by atoms with Crippen LogP contribution in [0.25, 0.3) is 11.0 Å². The lowest BCUT2D eigenvalue weighted by Crippen LogP contribution is -2.32. The number of fused-ring (bicyclic) bond motifs is 1. The Kier molecular flexibility index (Phi) is 7.70. The molecule has 0 N–H and O–H groups in total. The Morgan fingerprint density at radius 2 is 1.72 bits per heavy atom. The minimum atomic E-state index is 0.0341. The summed E-state index contributed by atoms with van der Waals surface area (Å²) in [5, 5.41) is 0.639. The van der Waals surface area contributed by atoms with Crippen molar-refractivity contribution < 1.29 is 4.79 Å². The van der Waals surface area contributed by atoms with Gasteiger partial charge >= 0.3 is 0 Å². The normalized spacial score (nSPS) is 11.1. The van der Waals surface area contributed by atoms with Gasteiger partial charge in [-0.2, -0.15) is 0 Å². The highest BCUT2D eigenvalue weighted by atomic mass is 35.5. The Morgan fingerprint density at radius 1 is 1.00 bits per heavy atom. The number of benzene rings is 2. The zero-order chi connectivity index (χ0) is 20.6. The van der Waals surface area contributed by atoms with Gasteiger partial charge < -0.3 is 9.47 Å². The van der Waals surface area contributed by atoms with Crippen LogP contribution in [0.2, 0.25) is 5.02 Å². The zero-order valence-electron chi connectivity index (χ0n) is 17.4. The summed E-state index contributed by atoms with van der Waals surface area (Å²) in [4.78, 5) is 20.0. The molecule has 0 aliphatic carbocycles. The van der Waals surface area contributed by atoms with Gasteiger partial charge in [0.15, 0.2) is 0 Å². The number of aryl methyl sites for hydroxylation is 1. The Balaban J connectivity index is 1.90. The average Bonchev–Trinajstić information content (AvgIpc) is 3.08. The van der Waals surface area contributed by atoms with E-state index in [4.69, 9.17) is 16.6 Å². The van der Waals surface area contributed by atoms with Gasteiger partial charge in [-0.3, -0.25) is 4.79 Å². The highest BCUT2D eigenvalue weighted by Crippen LogP contribution is 2.20. The van der Waals surface area contributed by atoms with Crippen molar-refractivity contribution in [2.75, 3.05) is 6.54 Å². The number of carbonyl (C=O) groups excluding carboxylic acids is 1. The summed E-state index contributed by atoms with van der Waals surface area (Å²) < 4.78 is 2.28. The van der Waals surface area contributed by atoms with Crippen LogP contribution in [0.3, 0.4) is 0 Å². The molecule has 0 radical (unpaired) electrons. The predicted molar refractivity (Wildman–Crippen MR) is 120 cm³/mol. The number of rotatable bonds is 10. The van der Waals surface area contributed by atoms with Gasteiger partial charge in [-0.05, 0) is 49.2 Å². The molecule has 2 aromatic carbocycles. The molecule has 0 unspecified atom stereocenters. The van der Waals surface area contributed by atoms with E-state index in [2.05, 4.69) is 24.5 Å². The number of unbranched alkanes of at least 4 members (excludes halogenated alkanes) is 3. The van der Waals surface area contributed by atoms with E-state index in [0.29, 0.717) is 17.1 Å². The van der Waals surface area contributed by atoms with Crippen LogP contribution in [0.1, 0.15) is 62.1 Å². The van der Waals surface area contributed by atoms with Gasteiger partial charge in [0.1, 0.15) is 5.82 Å². The molecule has 1 amide bonds. The monoisotopic (exact) mass is 411 g/mol. The number of halogens is 1. The summed E-state index contributed by atoms with van der Waals surface area (Å²) in [5.41, 5.74) is 2.80. The zero-order valence-corrected chi connectivity index (χ0v) is 18.2. The van der Waals surface area contributed by atoms with Crippen molar-refractivity contribution in [1.82, 2.24) is 14.5 Å². The van der Waals surface area contributed by atoms with Crippen molar-refractivity contribution in [3.8, 4) is 0 Å². The van der Waals surface area contributed by atoms with Crippen molar-refractivity contribution in [2.24, 2.45) is 0 Å².